The first-order valence-electron chi connectivity index (χ1n) is 7.34. The lowest BCUT2D eigenvalue weighted by Gasteiger charge is -2.26. The van der Waals surface area contributed by atoms with Crippen LogP contribution in [0.5, 0.6) is 0 Å². The van der Waals surface area contributed by atoms with Gasteiger partial charge < -0.3 is 5.73 Å². The van der Waals surface area contributed by atoms with Crippen molar-refractivity contribution in [3.8, 4) is 0 Å². The normalized spacial score (nSPS) is 18.4. The molecule has 3 nitrogen and oxygen atoms in total. The van der Waals surface area contributed by atoms with Gasteiger partial charge in [0.2, 0.25) is 0 Å². The number of nitrogens with zero attached hydrogens (tertiary/aromatic N) is 1. The average molecular weight is 277 g/mol. The van der Waals surface area contributed by atoms with Crippen molar-refractivity contribution in [3.05, 3.63) is 35.1 Å². The Balaban J connectivity index is 2.10. The van der Waals surface area contributed by atoms with Crippen molar-refractivity contribution in [2.24, 2.45) is 11.1 Å². The van der Waals surface area contributed by atoms with E-state index in [-0.39, 0.29) is 11.7 Å². The van der Waals surface area contributed by atoms with Crippen molar-refractivity contribution < 1.29 is 4.39 Å². The van der Waals surface area contributed by atoms with Gasteiger partial charge in [0, 0.05) is 18.7 Å². The molecule has 1 aromatic carbocycles. The van der Waals surface area contributed by atoms with E-state index in [1.54, 1.807) is 6.07 Å². The van der Waals surface area contributed by atoms with Gasteiger partial charge >= 0.3 is 0 Å². The summed E-state index contributed by atoms with van der Waals surface area (Å²) in [7, 11) is 0. The van der Waals surface area contributed by atoms with Crippen molar-refractivity contribution in [2.45, 2.75) is 39.7 Å². The van der Waals surface area contributed by atoms with E-state index in [1.807, 2.05) is 6.07 Å². The fraction of sp³-hybridized carbons (Fsp3) is 0.562. The molecule has 0 bridgehead atoms. The molecule has 2 rings (SSSR count). The Morgan fingerprint density at radius 1 is 1.35 bits per heavy atom. The maximum Gasteiger partial charge on any atom is 0.124 e. The van der Waals surface area contributed by atoms with Gasteiger partial charge in [-0.05, 0) is 55.0 Å². The molecule has 1 aliphatic heterocycles. The highest BCUT2D eigenvalue weighted by molar-refractivity contribution is 5.95. The number of nitrogen functional groups attached to an aromatic ring is 1. The van der Waals surface area contributed by atoms with Gasteiger partial charge in [-0.1, -0.05) is 13.8 Å². The first-order valence-corrected chi connectivity index (χ1v) is 7.34. The zero-order valence-electron chi connectivity index (χ0n) is 12.4. The molecule has 1 aromatic rings. The number of nitrogens with two attached hydrogens (primary N) is 1. The number of benzene rings is 1. The molecule has 1 aliphatic rings. The van der Waals surface area contributed by atoms with Crippen molar-refractivity contribution >= 4 is 5.84 Å². The van der Waals surface area contributed by atoms with E-state index in [9.17, 15) is 4.39 Å². The first-order chi connectivity index (χ1) is 9.48. The summed E-state index contributed by atoms with van der Waals surface area (Å²) in [6.45, 7) is 7.38. The average Bonchev–Trinajstić information content (AvgIpc) is 2.82. The molecule has 0 amide bonds. The molecule has 1 heterocycles. The highest BCUT2D eigenvalue weighted by Gasteiger charge is 2.34. The highest BCUT2D eigenvalue weighted by atomic mass is 19.1. The lowest BCUT2D eigenvalue weighted by atomic mass is 9.82. The van der Waals surface area contributed by atoms with Crippen LogP contribution in [0.4, 0.5) is 4.39 Å². The number of likely N-dealkylation sites (tertiary alicyclic amines) is 1. The van der Waals surface area contributed by atoms with Gasteiger partial charge in [-0.25, -0.2) is 4.39 Å². The lowest BCUT2D eigenvalue weighted by Crippen LogP contribution is -2.26. The second-order valence-electron chi connectivity index (χ2n) is 5.93. The molecule has 20 heavy (non-hydrogen) atoms. The van der Waals surface area contributed by atoms with Crippen LogP contribution in [-0.2, 0) is 6.54 Å². The molecule has 1 saturated heterocycles. The molecule has 0 atom stereocenters. The van der Waals surface area contributed by atoms with Gasteiger partial charge in [0.05, 0.1) is 0 Å². The second kappa shape index (κ2) is 5.92. The molecule has 0 aromatic heterocycles. The second-order valence-corrected chi connectivity index (χ2v) is 5.93. The number of hydrogen-bond acceptors (Lipinski definition) is 2. The Morgan fingerprint density at radius 2 is 2.05 bits per heavy atom. The van der Waals surface area contributed by atoms with Gasteiger partial charge in [0.25, 0.3) is 0 Å². The summed E-state index contributed by atoms with van der Waals surface area (Å²) < 4.78 is 13.6. The standard InChI is InChI=1S/C16H24FN3/c1-3-16(4-2)5-6-20(11-16)10-12-7-13(15(18)19)9-14(17)8-12/h7-9H,3-6,10-11H2,1-2H3,(H3,18,19). The lowest BCUT2D eigenvalue weighted by molar-refractivity contribution is 0.236. The summed E-state index contributed by atoms with van der Waals surface area (Å²) >= 11 is 0. The molecule has 0 saturated carbocycles. The van der Waals surface area contributed by atoms with Gasteiger partial charge in [0.15, 0.2) is 0 Å². The summed E-state index contributed by atoms with van der Waals surface area (Å²) in [5.41, 5.74) is 7.25. The zero-order valence-corrected chi connectivity index (χ0v) is 12.4. The van der Waals surface area contributed by atoms with Gasteiger partial charge in [-0.3, -0.25) is 10.3 Å². The smallest absolute Gasteiger partial charge is 0.124 e. The van der Waals surface area contributed by atoms with E-state index in [1.165, 1.54) is 25.3 Å². The summed E-state index contributed by atoms with van der Waals surface area (Å²) in [5, 5.41) is 7.43. The van der Waals surface area contributed by atoms with Crippen molar-refractivity contribution in [3.63, 3.8) is 0 Å². The molecule has 0 spiro atoms. The Hall–Kier alpha value is -1.42. The molecular weight excluding hydrogens is 253 g/mol. The SMILES string of the molecule is CCC1(CC)CCN(Cc2cc(F)cc(C(=N)N)c2)C1. The van der Waals surface area contributed by atoms with Crippen LogP contribution in [0, 0.1) is 16.6 Å². The minimum Gasteiger partial charge on any atom is -0.384 e. The van der Waals surface area contributed by atoms with Gasteiger partial charge in [0.1, 0.15) is 11.7 Å². The van der Waals surface area contributed by atoms with Crippen molar-refractivity contribution in [1.82, 2.24) is 4.90 Å². The molecule has 3 N–H and O–H groups in total. The van der Waals surface area contributed by atoms with Crippen LogP contribution in [0.1, 0.15) is 44.2 Å². The van der Waals surface area contributed by atoms with Crippen LogP contribution in [0.3, 0.4) is 0 Å². The number of nitrogens with one attached hydrogen (secondary N) is 1. The maximum atomic E-state index is 13.6. The van der Waals surface area contributed by atoms with Gasteiger partial charge in [-0.15, -0.1) is 0 Å². The van der Waals surface area contributed by atoms with Crippen molar-refractivity contribution in [2.75, 3.05) is 13.1 Å². The van der Waals surface area contributed by atoms with E-state index >= 15 is 0 Å². The monoisotopic (exact) mass is 277 g/mol. The predicted molar refractivity (Wildman–Crippen MR) is 80.3 cm³/mol. The fourth-order valence-corrected chi connectivity index (χ4v) is 3.15. The summed E-state index contributed by atoms with van der Waals surface area (Å²) in [5.74, 6) is -0.396. The van der Waals surface area contributed by atoms with Crippen LogP contribution < -0.4 is 5.73 Å². The van der Waals surface area contributed by atoms with Crippen LogP contribution in [-0.4, -0.2) is 23.8 Å². The number of hydrogen-bond donors (Lipinski definition) is 2. The van der Waals surface area contributed by atoms with Crippen LogP contribution in [0.2, 0.25) is 0 Å². The Morgan fingerprint density at radius 3 is 2.60 bits per heavy atom. The van der Waals surface area contributed by atoms with Crippen molar-refractivity contribution in [1.29, 1.82) is 5.41 Å². The third-order valence-corrected chi connectivity index (χ3v) is 4.69. The van der Waals surface area contributed by atoms with E-state index in [4.69, 9.17) is 11.1 Å². The quantitative estimate of drug-likeness (QED) is 0.642. The number of amidine groups is 1. The Bertz CT molecular complexity index is 494. The van der Waals surface area contributed by atoms with Gasteiger partial charge in [-0.2, -0.15) is 0 Å². The van der Waals surface area contributed by atoms with Crippen LogP contribution in [0.15, 0.2) is 18.2 Å². The maximum absolute atomic E-state index is 13.6. The number of halogens is 1. The fourth-order valence-electron chi connectivity index (χ4n) is 3.15. The largest absolute Gasteiger partial charge is 0.384 e. The van der Waals surface area contributed by atoms with Crippen LogP contribution in [0.25, 0.3) is 0 Å². The molecular formula is C16H24FN3. The third kappa shape index (κ3) is 3.18. The first kappa shape index (κ1) is 15.0. The molecule has 1 fully saturated rings. The third-order valence-electron chi connectivity index (χ3n) is 4.69. The summed E-state index contributed by atoms with van der Waals surface area (Å²) in [6.07, 6.45) is 3.61. The van der Waals surface area contributed by atoms with E-state index < -0.39 is 0 Å². The molecule has 0 aliphatic carbocycles. The number of rotatable bonds is 5. The molecule has 110 valence electrons. The van der Waals surface area contributed by atoms with Crippen LogP contribution >= 0.6 is 0 Å². The topological polar surface area (TPSA) is 53.1 Å². The minimum atomic E-state index is -0.316. The summed E-state index contributed by atoms with van der Waals surface area (Å²) in [6, 6.07) is 4.69. The van der Waals surface area contributed by atoms with E-state index in [0.29, 0.717) is 11.0 Å². The summed E-state index contributed by atoms with van der Waals surface area (Å²) in [4.78, 5) is 2.38. The predicted octanol–water partition coefficient (Wildman–Crippen LogP) is 3.12. The zero-order chi connectivity index (χ0) is 14.8. The Kier molecular flexibility index (Phi) is 4.43. The minimum absolute atomic E-state index is 0.0800. The molecule has 0 radical (unpaired) electrons. The Labute approximate surface area is 120 Å². The van der Waals surface area contributed by atoms with E-state index in [0.717, 1.165) is 25.2 Å². The van der Waals surface area contributed by atoms with E-state index in [2.05, 4.69) is 18.7 Å². The molecule has 4 heteroatoms. The molecule has 0 unspecified atom stereocenters. The highest BCUT2D eigenvalue weighted by Crippen LogP contribution is 2.37.